The fraction of sp³-hybridized carbons (Fsp3) is 0.286. The highest BCUT2D eigenvalue weighted by molar-refractivity contribution is 5.92. The second-order valence-electron chi connectivity index (χ2n) is 5.22. The van der Waals surface area contributed by atoms with Gasteiger partial charge in [-0.15, -0.1) is 0 Å². The molecule has 0 spiro atoms. The lowest BCUT2D eigenvalue weighted by molar-refractivity contribution is -0.386. The van der Waals surface area contributed by atoms with Crippen LogP contribution in [-0.4, -0.2) is 32.6 Å². The van der Waals surface area contributed by atoms with E-state index in [4.69, 9.17) is 4.74 Å². The molecule has 0 aliphatic heterocycles. The molecule has 0 saturated carbocycles. The predicted molar refractivity (Wildman–Crippen MR) is 86.9 cm³/mol. The van der Waals surface area contributed by atoms with Crippen molar-refractivity contribution >= 4 is 23.0 Å². The van der Waals surface area contributed by atoms with Crippen molar-refractivity contribution in [3.63, 3.8) is 0 Å². The highest BCUT2D eigenvalue weighted by Gasteiger charge is 2.31. The summed E-state index contributed by atoms with van der Waals surface area (Å²) < 4.78 is 31.6. The zero-order chi connectivity index (χ0) is 20.3. The number of anilines is 1. The van der Waals surface area contributed by atoms with Gasteiger partial charge in [-0.2, -0.15) is 5.10 Å². The minimum absolute atomic E-state index is 0.00832. The number of nitro benzene ring substituents is 1. The molecule has 0 atom stereocenters. The first-order chi connectivity index (χ1) is 12.6. The topological polar surface area (TPSA) is 142 Å². The van der Waals surface area contributed by atoms with E-state index in [0.717, 1.165) is 16.8 Å². The SMILES string of the molecule is COc1cc([N+](=O)[O-])ccc1NC(=O)Cn1nc(C(F)F)c([N+](=O)[O-])c1C. The number of halogens is 2. The molecule has 144 valence electrons. The molecule has 1 aromatic heterocycles. The van der Waals surface area contributed by atoms with Crippen molar-refractivity contribution in [3.8, 4) is 5.75 Å². The number of hydrogen-bond donors (Lipinski definition) is 1. The van der Waals surface area contributed by atoms with Gasteiger partial charge in [0, 0.05) is 6.07 Å². The van der Waals surface area contributed by atoms with E-state index in [1.807, 2.05) is 0 Å². The second-order valence-corrected chi connectivity index (χ2v) is 5.22. The monoisotopic (exact) mass is 385 g/mol. The largest absolute Gasteiger partial charge is 0.494 e. The predicted octanol–water partition coefficient (Wildman–Crippen LogP) is 2.59. The first kappa shape index (κ1) is 19.7. The normalized spacial score (nSPS) is 10.7. The van der Waals surface area contributed by atoms with E-state index in [9.17, 15) is 33.8 Å². The van der Waals surface area contributed by atoms with Crippen LogP contribution >= 0.6 is 0 Å². The molecule has 27 heavy (non-hydrogen) atoms. The number of nitro groups is 2. The van der Waals surface area contributed by atoms with Gasteiger partial charge in [0.05, 0.1) is 28.7 Å². The molecule has 1 heterocycles. The molecule has 2 rings (SSSR count). The Bertz CT molecular complexity index is 914. The molecule has 13 heteroatoms. The number of rotatable bonds is 7. The van der Waals surface area contributed by atoms with Crippen LogP contribution < -0.4 is 10.1 Å². The molecule has 0 bridgehead atoms. The van der Waals surface area contributed by atoms with E-state index in [0.29, 0.717) is 0 Å². The number of nitrogens with one attached hydrogen (secondary N) is 1. The summed E-state index contributed by atoms with van der Waals surface area (Å²) in [5, 5.41) is 27.5. The number of carbonyl (C=O) groups is 1. The van der Waals surface area contributed by atoms with Crippen LogP contribution in [0.1, 0.15) is 17.8 Å². The summed E-state index contributed by atoms with van der Waals surface area (Å²) in [6.07, 6.45) is -3.18. The Kier molecular flexibility index (Phi) is 5.63. The number of aromatic nitrogens is 2. The molecule has 1 N–H and O–H groups in total. The molecule has 0 aliphatic rings. The maximum Gasteiger partial charge on any atom is 0.319 e. The average Bonchev–Trinajstić information content (AvgIpc) is 2.91. The van der Waals surface area contributed by atoms with Gasteiger partial charge in [0.15, 0.2) is 0 Å². The third kappa shape index (κ3) is 4.13. The zero-order valence-electron chi connectivity index (χ0n) is 14.0. The standard InChI is InChI=1S/C14H13F2N5O6/c1-7-13(21(25)26)12(14(15)16)18-19(7)6-11(22)17-9-4-3-8(20(23)24)5-10(9)27-2/h3-5,14H,6H2,1-2H3,(H,17,22). The number of carbonyl (C=O) groups excluding carboxylic acids is 1. The van der Waals surface area contributed by atoms with Gasteiger partial charge in [0.2, 0.25) is 11.6 Å². The number of non-ortho nitro benzene ring substituents is 1. The summed E-state index contributed by atoms with van der Waals surface area (Å²) in [5.41, 5.74) is -2.25. The Labute approximate surface area is 149 Å². The summed E-state index contributed by atoms with van der Waals surface area (Å²) in [5.74, 6) is -0.738. The molecule has 11 nitrogen and oxygen atoms in total. The third-order valence-electron chi connectivity index (χ3n) is 3.55. The van der Waals surface area contributed by atoms with E-state index in [1.165, 1.54) is 20.1 Å². The molecule has 0 unspecified atom stereocenters. The Hall–Kier alpha value is -3.64. The maximum absolute atomic E-state index is 12.9. The van der Waals surface area contributed by atoms with Gasteiger partial charge in [0.1, 0.15) is 18.0 Å². The lowest BCUT2D eigenvalue weighted by atomic mass is 10.2. The Morgan fingerprint density at radius 2 is 2.00 bits per heavy atom. The smallest absolute Gasteiger partial charge is 0.319 e. The fourth-order valence-electron chi connectivity index (χ4n) is 2.31. The zero-order valence-corrected chi connectivity index (χ0v) is 14.0. The Morgan fingerprint density at radius 3 is 2.48 bits per heavy atom. The van der Waals surface area contributed by atoms with Crippen LogP contribution in [-0.2, 0) is 11.3 Å². The van der Waals surface area contributed by atoms with E-state index >= 15 is 0 Å². The van der Waals surface area contributed by atoms with E-state index in [1.54, 1.807) is 0 Å². The van der Waals surface area contributed by atoms with Gasteiger partial charge in [0.25, 0.3) is 12.1 Å². The van der Waals surface area contributed by atoms with Gasteiger partial charge in [-0.1, -0.05) is 0 Å². The van der Waals surface area contributed by atoms with Crippen LogP contribution in [0.5, 0.6) is 5.75 Å². The van der Waals surface area contributed by atoms with Crippen LogP contribution in [0.4, 0.5) is 25.8 Å². The maximum atomic E-state index is 12.9. The number of hydrogen-bond acceptors (Lipinski definition) is 7. The van der Waals surface area contributed by atoms with Crippen molar-refractivity contribution in [2.45, 2.75) is 19.9 Å². The van der Waals surface area contributed by atoms with Gasteiger partial charge < -0.3 is 10.1 Å². The van der Waals surface area contributed by atoms with Crippen molar-refractivity contribution < 1.29 is 28.2 Å². The first-order valence-corrected chi connectivity index (χ1v) is 7.27. The fourth-order valence-corrected chi connectivity index (χ4v) is 2.31. The summed E-state index contributed by atoms with van der Waals surface area (Å²) in [6.45, 7) is 0.607. The lowest BCUT2D eigenvalue weighted by Gasteiger charge is -2.10. The molecule has 1 amide bonds. The van der Waals surface area contributed by atoms with E-state index < -0.39 is 40.1 Å². The molecular formula is C14H13F2N5O6. The number of methoxy groups -OCH3 is 1. The minimum atomic E-state index is -3.18. The van der Waals surface area contributed by atoms with Gasteiger partial charge >= 0.3 is 5.69 Å². The summed E-state index contributed by atoms with van der Waals surface area (Å²) >= 11 is 0. The number of nitrogens with zero attached hydrogens (tertiary/aromatic N) is 4. The van der Waals surface area contributed by atoms with Crippen molar-refractivity contribution in [2.24, 2.45) is 0 Å². The highest BCUT2D eigenvalue weighted by Crippen LogP contribution is 2.31. The van der Waals surface area contributed by atoms with Crippen LogP contribution in [0, 0.1) is 27.2 Å². The summed E-state index contributed by atoms with van der Waals surface area (Å²) in [6, 6.07) is 3.46. The van der Waals surface area contributed by atoms with Gasteiger partial charge in [-0.3, -0.25) is 29.7 Å². The number of amides is 1. The molecule has 0 saturated heterocycles. The molecule has 0 aliphatic carbocycles. The van der Waals surface area contributed by atoms with Gasteiger partial charge in [-0.25, -0.2) is 8.78 Å². The minimum Gasteiger partial charge on any atom is -0.494 e. The van der Waals surface area contributed by atoms with Gasteiger partial charge in [-0.05, 0) is 13.0 Å². The first-order valence-electron chi connectivity index (χ1n) is 7.27. The van der Waals surface area contributed by atoms with Crippen molar-refractivity contribution in [2.75, 3.05) is 12.4 Å². The van der Waals surface area contributed by atoms with Crippen LogP contribution in [0.15, 0.2) is 18.2 Å². The molecule has 2 aromatic rings. The Balaban J connectivity index is 2.25. The van der Waals surface area contributed by atoms with Crippen LogP contribution in [0.2, 0.25) is 0 Å². The number of alkyl halides is 2. The van der Waals surface area contributed by atoms with Crippen LogP contribution in [0.25, 0.3) is 0 Å². The number of benzene rings is 1. The summed E-state index contributed by atoms with van der Waals surface area (Å²) in [7, 11) is 1.24. The average molecular weight is 385 g/mol. The number of ether oxygens (including phenoxy) is 1. The van der Waals surface area contributed by atoms with E-state index in [-0.39, 0.29) is 22.8 Å². The quantitative estimate of drug-likeness (QED) is 0.570. The Morgan fingerprint density at radius 1 is 1.33 bits per heavy atom. The second kappa shape index (κ2) is 7.72. The molecular weight excluding hydrogens is 372 g/mol. The molecule has 0 fully saturated rings. The molecule has 1 aromatic carbocycles. The third-order valence-corrected chi connectivity index (χ3v) is 3.55. The van der Waals surface area contributed by atoms with Crippen molar-refractivity contribution in [3.05, 3.63) is 49.8 Å². The highest BCUT2D eigenvalue weighted by atomic mass is 19.3. The molecule has 0 radical (unpaired) electrons. The van der Waals surface area contributed by atoms with Crippen molar-refractivity contribution in [1.82, 2.24) is 9.78 Å². The van der Waals surface area contributed by atoms with E-state index in [2.05, 4.69) is 10.4 Å². The van der Waals surface area contributed by atoms with Crippen LogP contribution in [0.3, 0.4) is 0 Å². The summed E-state index contributed by atoms with van der Waals surface area (Å²) in [4.78, 5) is 32.2. The van der Waals surface area contributed by atoms with Crippen molar-refractivity contribution in [1.29, 1.82) is 0 Å². The lowest BCUT2D eigenvalue weighted by Crippen LogP contribution is -2.20.